The molecule has 3 heteroatoms. The van der Waals surface area contributed by atoms with Crippen molar-refractivity contribution in [1.29, 1.82) is 0 Å². The minimum Gasteiger partial charge on any atom is -0.363 e. The van der Waals surface area contributed by atoms with Crippen molar-refractivity contribution < 1.29 is 4.79 Å². The average Bonchev–Trinajstić information content (AvgIpc) is 1.61. The summed E-state index contributed by atoms with van der Waals surface area (Å²) in [5.41, 5.74) is 7.80. The summed E-state index contributed by atoms with van der Waals surface area (Å²) in [7, 11) is -0.120. The zero-order valence-electron chi connectivity index (χ0n) is 3.89. The van der Waals surface area contributed by atoms with E-state index >= 15 is 0 Å². The van der Waals surface area contributed by atoms with Gasteiger partial charge in [-0.15, -0.1) is 0 Å². The van der Waals surface area contributed by atoms with Gasteiger partial charge in [-0.2, -0.15) is 4.79 Å². The van der Waals surface area contributed by atoms with Crippen LogP contribution in [0.15, 0.2) is 0 Å². The first-order chi connectivity index (χ1) is 2.91. The lowest BCUT2D eigenvalue weighted by Crippen LogP contribution is -1.86. The van der Waals surface area contributed by atoms with Crippen LogP contribution < -0.4 is 0 Å². The number of rotatable bonds is 2. The molecule has 0 saturated carbocycles. The van der Waals surface area contributed by atoms with Crippen LogP contribution in [0.4, 0.5) is 0 Å². The van der Waals surface area contributed by atoms with Crippen molar-refractivity contribution in [1.82, 2.24) is 0 Å². The van der Waals surface area contributed by atoms with Crippen LogP contribution in [0.3, 0.4) is 0 Å². The molecule has 0 spiro atoms. The second-order valence-electron chi connectivity index (χ2n) is 1.09. The van der Waals surface area contributed by atoms with Gasteiger partial charge >= 0.3 is 0 Å². The van der Waals surface area contributed by atoms with E-state index in [2.05, 4.69) is 11.7 Å². The van der Waals surface area contributed by atoms with Crippen molar-refractivity contribution >= 4 is 15.4 Å². The smallest absolute Gasteiger partial charge is 0.219 e. The molecule has 0 bridgehead atoms. The summed E-state index contributed by atoms with van der Waals surface area (Å²) < 4.78 is 0. The van der Waals surface area contributed by atoms with E-state index in [1.807, 2.05) is 0 Å². The molecule has 0 aromatic carbocycles. The van der Waals surface area contributed by atoms with Gasteiger partial charge in [0.2, 0.25) is 5.84 Å². The maximum absolute atomic E-state index is 7.80. The van der Waals surface area contributed by atoms with E-state index in [-0.39, 0.29) is 9.52 Å². The average molecular weight is 100 g/mol. The SMILES string of the molecule is CC[SiH2]C=[N+]=[N-]. The van der Waals surface area contributed by atoms with E-state index in [4.69, 9.17) is 5.53 Å². The molecule has 0 aliphatic carbocycles. The highest BCUT2D eigenvalue weighted by Gasteiger charge is 1.75. The van der Waals surface area contributed by atoms with Crippen LogP contribution in [0.25, 0.3) is 5.53 Å². The zero-order chi connectivity index (χ0) is 4.83. The van der Waals surface area contributed by atoms with Crippen molar-refractivity contribution in [3.05, 3.63) is 5.53 Å². The fraction of sp³-hybridized carbons (Fsp3) is 0.667. The molecular formula is C3H8N2Si. The van der Waals surface area contributed by atoms with Gasteiger partial charge in [0.25, 0.3) is 0 Å². The standard InChI is InChI=1S/C3H8N2Si/c1-2-6-3-5-4/h3H,2,6H2,1H3. The molecule has 0 aromatic rings. The third-order valence-corrected chi connectivity index (χ3v) is 1.50. The third kappa shape index (κ3) is 3.60. The quantitative estimate of drug-likeness (QED) is 0.200. The minimum absolute atomic E-state index is 0.120. The van der Waals surface area contributed by atoms with E-state index < -0.39 is 0 Å². The van der Waals surface area contributed by atoms with Crippen LogP contribution in [0, 0.1) is 0 Å². The summed E-state index contributed by atoms with van der Waals surface area (Å²) in [4.78, 5) is 2.86. The Morgan fingerprint density at radius 2 is 2.67 bits per heavy atom. The molecule has 34 valence electrons. The molecule has 0 rings (SSSR count). The van der Waals surface area contributed by atoms with Gasteiger partial charge in [-0.05, 0) is 0 Å². The molecule has 0 radical (unpaired) electrons. The van der Waals surface area contributed by atoms with E-state index in [0.717, 1.165) is 0 Å². The Kier molecular flexibility index (Phi) is 4.29. The first-order valence-corrected chi connectivity index (χ1v) is 3.89. The van der Waals surface area contributed by atoms with Crippen molar-refractivity contribution in [2.75, 3.05) is 0 Å². The van der Waals surface area contributed by atoms with Crippen molar-refractivity contribution in [3.63, 3.8) is 0 Å². The van der Waals surface area contributed by atoms with Crippen LogP contribution in [0.2, 0.25) is 6.04 Å². The zero-order valence-corrected chi connectivity index (χ0v) is 5.30. The highest BCUT2D eigenvalue weighted by molar-refractivity contribution is 6.66. The normalized spacial score (nSPS) is 8.83. The largest absolute Gasteiger partial charge is 0.363 e. The minimum atomic E-state index is -0.120. The van der Waals surface area contributed by atoms with Gasteiger partial charge in [0.1, 0.15) is 9.52 Å². The first kappa shape index (κ1) is 5.60. The lowest BCUT2D eigenvalue weighted by molar-refractivity contribution is 0.00739. The van der Waals surface area contributed by atoms with Gasteiger partial charge in [0, 0.05) is 0 Å². The van der Waals surface area contributed by atoms with E-state index in [9.17, 15) is 0 Å². The molecule has 0 saturated heterocycles. The van der Waals surface area contributed by atoms with Crippen LogP contribution in [0.5, 0.6) is 0 Å². The Balaban J connectivity index is 2.86. The van der Waals surface area contributed by atoms with E-state index in [1.54, 1.807) is 5.84 Å². The summed E-state index contributed by atoms with van der Waals surface area (Å²) >= 11 is 0. The fourth-order valence-electron chi connectivity index (χ4n) is 0.187. The van der Waals surface area contributed by atoms with Crippen molar-refractivity contribution in [2.24, 2.45) is 0 Å². The lowest BCUT2D eigenvalue weighted by Gasteiger charge is -1.63. The Morgan fingerprint density at radius 3 is 2.83 bits per heavy atom. The Bertz CT molecular complexity index is 65.2. The van der Waals surface area contributed by atoms with E-state index in [0.29, 0.717) is 0 Å². The maximum atomic E-state index is 7.80. The maximum Gasteiger partial charge on any atom is 0.219 e. The summed E-state index contributed by atoms with van der Waals surface area (Å²) in [6.07, 6.45) is 0. The summed E-state index contributed by atoms with van der Waals surface area (Å²) in [6, 6.07) is 1.18. The lowest BCUT2D eigenvalue weighted by atomic mass is 11.0. The Labute approximate surface area is 39.6 Å². The molecule has 0 aliphatic rings. The van der Waals surface area contributed by atoms with Gasteiger partial charge in [0.15, 0.2) is 0 Å². The van der Waals surface area contributed by atoms with Gasteiger partial charge in [-0.1, -0.05) is 13.0 Å². The molecule has 0 amide bonds. The Hall–Kier alpha value is -0.403. The second-order valence-corrected chi connectivity index (χ2v) is 3.03. The van der Waals surface area contributed by atoms with E-state index in [1.165, 1.54) is 6.04 Å². The molecule has 2 nitrogen and oxygen atoms in total. The summed E-state index contributed by atoms with van der Waals surface area (Å²) in [6.45, 7) is 2.09. The van der Waals surface area contributed by atoms with Crippen LogP contribution >= 0.6 is 0 Å². The first-order valence-electron chi connectivity index (χ1n) is 2.07. The van der Waals surface area contributed by atoms with Gasteiger partial charge in [-0.3, -0.25) is 0 Å². The second kappa shape index (κ2) is 4.60. The topological polar surface area (TPSA) is 36.4 Å². The molecular weight excluding hydrogens is 92.1 g/mol. The highest BCUT2D eigenvalue weighted by Crippen LogP contribution is 1.62. The highest BCUT2D eigenvalue weighted by atomic mass is 28.2. The number of hydrogen-bond donors (Lipinski definition) is 0. The summed E-state index contributed by atoms with van der Waals surface area (Å²) in [5.74, 6) is 1.62. The van der Waals surface area contributed by atoms with Crippen LogP contribution in [-0.2, 0) is 0 Å². The van der Waals surface area contributed by atoms with Crippen LogP contribution in [-0.4, -0.2) is 20.1 Å². The molecule has 0 atom stereocenters. The third-order valence-electron chi connectivity index (χ3n) is 0.499. The molecule has 0 N–H and O–H groups in total. The molecule has 0 fully saturated rings. The van der Waals surface area contributed by atoms with Crippen LogP contribution in [0.1, 0.15) is 6.92 Å². The predicted molar refractivity (Wildman–Crippen MR) is 28.7 cm³/mol. The van der Waals surface area contributed by atoms with Crippen molar-refractivity contribution in [2.45, 2.75) is 13.0 Å². The van der Waals surface area contributed by atoms with Gasteiger partial charge in [-0.25, -0.2) is 0 Å². The molecule has 6 heavy (non-hydrogen) atoms. The molecule has 0 aromatic heterocycles. The number of nitrogens with zero attached hydrogens (tertiary/aromatic N) is 2. The Morgan fingerprint density at radius 1 is 2.00 bits per heavy atom. The van der Waals surface area contributed by atoms with Crippen molar-refractivity contribution in [3.8, 4) is 0 Å². The predicted octanol–water partition coefficient (Wildman–Crippen LogP) is -0.149. The van der Waals surface area contributed by atoms with Gasteiger partial charge < -0.3 is 5.53 Å². The molecule has 0 unspecified atom stereocenters. The van der Waals surface area contributed by atoms with Gasteiger partial charge in [0.05, 0.1) is 0 Å². The molecule has 0 aliphatic heterocycles. The molecule has 0 heterocycles. The fourth-order valence-corrected chi connectivity index (χ4v) is 0.561. The monoisotopic (exact) mass is 100 g/mol. The summed E-state index contributed by atoms with van der Waals surface area (Å²) in [5, 5.41) is 0. The number of hydrogen-bond acceptors (Lipinski definition) is 0.